The normalized spacial score (nSPS) is 11.2. The number of benzene rings is 1. The maximum atomic E-state index is 10.6. The Balaban J connectivity index is 1.67. The predicted octanol–water partition coefficient (Wildman–Crippen LogP) is 4.08. The molecule has 12 heteroatoms. The molecule has 1 aromatic rings. The predicted molar refractivity (Wildman–Crippen MR) is 154 cm³/mol. The van der Waals surface area contributed by atoms with Gasteiger partial charge in [0.05, 0.1) is 104 Å². The molecule has 0 aliphatic carbocycles. The van der Waals surface area contributed by atoms with Crippen LogP contribution in [0.1, 0.15) is 39.0 Å². The third-order valence-electron chi connectivity index (χ3n) is 5.54. The highest BCUT2D eigenvalue weighted by Crippen LogP contribution is 2.17. The van der Waals surface area contributed by atoms with E-state index in [0.717, 1.165) is 13.0 Å². The van der Waals surface area contributed by atoms with Crippen LogP contribution in [-0.2, 0) is 37.9 Å². The maximum absolute atomic E-state index is 10.6. The lowest BCUT2D eigenvalue weighted by Gasteiger charge is -2.09. The Hall–Kier alpha value is -1.90. The highest BCUT2D eigenvalue weighted by molar-refractivity contribution is 5.35. The maximum Gasteiger partial charge on any atom is 0.269 e. The second-order valence-electron chi connectivity index (χ2n) is 8.91. The van der Waals surface area contributed by atoms with E-state index in [1.54, 1.807) is 12.1 Å². The summed E-state index contributed by atoms with van der Waals surface area (Å²) in [5.41, 5.74) is 0.0303. The van der Waals surface area contributed by atoms with Gasteiger partial charge in [-0.25, -0.2) is 0 Å². The van der Waals surface area contributed by atoms with Crippen molar-refractivity contribution in [1.82, 2.24) is 0 Å². The summed E-state index contributed by atoms with van der Waals surface area (Å²) >= 11 is 0. The fourth-order valence-electron chi connectivity index (χ4n) is 3.33. The van der Waals surface area contributed by atoms with Gasteiger partial charge in [0.2, 0.25) is 0 Å². The van der Waals surface area contributed by atoms with Crippen LogP contribution in [0, 0.1) is 10.1 Å². The average molecular weight is 590 g/mol. The van der Waals surface area contributed by atoms with E-state index in [2.05, 4.69) is 6.92 Å². The molecule has 0 spiro atoms. The lowest BCUT2D eigenvalue weighted by Crippen LogP contribution is -2.15. The molecule has 1 rings (SSSR count). The minimum Gasteiger partial charge on any atom is -0.491 e. The van der Waals surface area contributed by atoms with Gasteiger partial charge in [-0.15, -0.1) is 0 Å². The number of hydrogen-bond acceptors (Lipinski definition) is 11. The zero-order chi connectivity index (χ0) is 29.5. The summed E-state index contributed by atoms with van der Waals surface area (Å²) in [6.45, 7) is 11.1. The highest BCUT2D eigenvalue weighted by Gasteiger charge is 2.04. The van der Waals surface area contributed by atoms with E-state index in [-0.39, 0.29) is 5.69 Å². The molecule has 0 radical (unpaired) electrons. The SMILES string of the molecule is CCCCCCCOCCOCCOCCOCCOCCOCCOCCOCCOc1ccc([N+](=O)[O-])cc1. The van der Waals surface area contributed by atoms with Crippen molar-refractivity contribution in [2.45, 2.75) is 39.0 Å². The number of ether oxygens (including phenoxy) is 9. The standard InChI is InChI=1S/C29H51NO11/c1-2-3-4-5-6-11-33-12-13-34-14-15-35-16-17-36-18-19-37-20-21-38-22-23-39-24-25-40-26-27-41-29-9-7-28(8-10-29)30(31)32/h7-10H,2-6,11-27H2,1H3. The van der Waals surface area contributed by atoms with Gasteiger partial charge < -0.3 is 42.6 Å². The number of unbranched alkanes of at least 4 members (excludes halogenated alkanes) is 4. The Morgan fingerprint density at radius 1 is 0.488 bits per heavy atom. The monoisotopic (exact) mass is 589 g/mol. The van der Waals surface area contributed by atoms with Crippen LogP contribution < -0.4 is 4.74 Å². The molecule has 0 saturated carbocycles. The summed E-state index contributed by atoms with van der Waals surface area (Å²) in [7, 11) is 0. The molecule has 0 unspecified atom stereocenters. The Bertz CT molecular complexity index is 694. The van der Waals surface area contributed by atoms with Crippen molar-refractivity contribution in [3.05, 3.63) is 34.4 Å². The molecular formula is C29H51NO11. The van der Waals surface area contributed by atoms with Gasteiger partial charge in [0.1, 0.15) is 12.4 Å². The van der Waals surface area contributed by atoms with Crippen LogP contribution in [0.5, 0.6) is 5.75 Å². The van der Waals surface area contributed by atoms with Gasteiger partial charge in [-0.05, 0) is 18.6 Å². The topological polar surface area (TPSA) is 126 Å². The van der Waals surface area contributed by atoms with Crippen LogP contribution >= 0.6 is 0 Å². The van der Waals surface area contributed by atoms with Crippen molar-refractivity contribution >= 4 is 5.69 Å². The number of non-ortho nitro benzene ring substituents is 1. The van der Waals surface area contributed by atoms with Crippen molar-refractivity contribution in [2.75, 3.05) is 112 Å². The number of rotatable bonds is 32. The molecule has 12 nitrogen and oxygen atoms in total. The summed E-state index contributed by atoms with van der Waals surface area (Å²) < 4.78 is 49.2. The Morgan fingerprint density at radius 2 is 0.829 bits per heavy atom. The first-order valence-electron chi connectivity index (χ1n) is 14.7. The minimum absolute atomic E-state index is 0.0303. The van der Waals surface area contributed by atoms with Crippen LogP contribution in [0.4, 0.5) is 5.69 Å². The van der Waals surface area contributed by atoms with E-state index >= 15 is 0 Å². The van der Waals surface area contributed by atoms with Gasteiger partial charge >= 0.3 is 0 Å². The molecular weight excluding hydrogens is 538 g/mol. The molecule has 238 valence electrons. The van der Waals surface area contributed by atoms with E-state index in [1.165, 1.54) is 37.8 Å². The summed E-state index contributed by atoms with van der Waals surface area (Å²) in [6.07, 6.45) is 6.25. The smallest absolute Gasteiger partial charge is 0.269 e. The molecule has 1 aromatic carbocycles. The number of nitrogens with zero attached hydrogens (tertiary/aromatic N) is 1. The largest absolute Gasteiger partial charge is 0.491 e. The Labute approximate surface area is 244 Å². The van der Waals surface area contributed by atoms with Crippen LogP contribution in [0.2, 0.25) is 0 Å². The van der Waals surface area contributed by atoms with Crippen molar-refractivity contribution in [3.8, 4) is 5.75 Å². The first-order chi connectivity index (χ1) is 20.2. The van der Waals surface area contributed by atoms with Gasteiger partial charge in [-0.1, -0.05) is 32.6 Å². The van der Waals surface area contributed by atoms with Gasteiger partial charge in [-0.2, -0.15) is 0 Å². The fraction of sp³-hybridized carbons (Fsp3) is 0.793. The molecule has 0 amide bonds. The molecule has 0 aliphatic heterocycles. The van der Waals surface area contributed by atoms with Crippen LogP contribution in [0.3, 0.4) is 0 Å². The summed E-state index contributed by atoms with van der Waals surface area (Å²) in [5.74, 6) is 0.562. The molecule has 0 saturated heterocycles. The summed E-state index contributed by atoms with van der Waals surface area (Å²) in [4.78, 5) is 10.2. The number of nitro benzene ring substituents is 1. The fourth-order valence-corrected chi connectivity index (χ4v) is 3.33. The molecule has 0 aromatic heterocycles. The van der Waals surface area contributed by atoms with E-state index in [9.17, 15) is 10.1 Å². The molecule has 0 N–H and O–H groups in total. The van der Waals surface area contributed by atoms with Gasteiger partial charge in [0.25, 0.3) is 5.69 Å². The average Bonchev–Trinajstić information content (AvgIpc) is 2.98. The van der Waals surface area contributed by atoms with Gasteiger partial charge in [-0.3, -0.25) is 10.1 Å². The van der Waals surface area contributed by atoms with Crippen molar-refractivity contribution in [2.24, 2.45) is 0 Å². The van der Waals surface area contributed by atoms with E-state index in [1.807, 2.05) is 0 Å². The zero-order valence-corrected chi connectivity index (χ0v) is 24.8. The Morgan fingerprint density at radius 3 is 1.20 bits per heavy atom. The quantitative estimate of drug-likeness (QED) is 0.0685. The molecule has 0 atom stereocenters. The first-order valence-corrected chi connectivity index (χ1v) is 14.7. The van der Waals surface area contributed by atoms with Crippen LogP contribution in [0.25, 0.3) is 0 Å². The van der Waals surface area contributed by atoms with E-state index in [0.29, 0.717) is 111 Å². The van der Waals surface area contributed by atoms with Crippen molar-refractivity contribution in [3.63, 3.8) is 0 Å². The van der Waals surface area contributed by atoms with Crippen LogP contribution in [0.15, 0.2) is 24.3 Å². The first kappa shape index (κ1) is 37.1. The third kappa shape index (κ3) is 25.5. The van der Waals surface area contributed by atoms with E-state index in [4.69, 9.17) is 42.6 Å². The number of hydrogen-bond donors (Lipinski definition) is 0. The molecule has 0 heterocycles. The lowest BCUT2D eigenvalue weighted by molar-refractivity contribution is -0.384. The minimum atomic E-state index is -0.449. The summed E-state index contributed by atoms with van der Waals surface area (Å²) in [6, 6.07) is 5.93. The molecule has 41 heavy (non-hydrogen) atoms. The molecule has 0 aliphatic rings. The Kier molecular flexibility index (Phi) is 26.8. The second kappa shape index (κ2) is 29.6. The van der Waals surface area contributed by atoms with Crippen molar-refractivity contribution in [1.29, 1.82) is 0 Å². The summed E-state index contributed by atoms with van der Waals surface area (Å²) in [5, 5.41) is 10.6. The third-order valence-corrected chi connectivity index (χ3v) is 5.54. The van der Waals surface area contributed by atoms with Gasteiger partial charge in [0, 0.05) is 18.7 Å². The highest BCUT2D eigenvalue weighted by atomic mass is 16.6. The molecule has 0 fully saturated rings. The van der Waals surface area contributed by atoms with Gasteiger partial charge in [0.15, 0.2) is 0 Å². The number of nitro groups is 1. The van der Waals surface area contributed by atoms with E-state index < -0.39 is 4.92 Å². The van der Waals surface area contributed by atoms with Crippen LogP contribution in [-0.4, -0.2) is 117 Å². The molecule has 0 bridgehead atoms. The zero-order valence-electron chi connectivity index (χ0n) is 24.8. The van der Waals surface area contributed by atoms with Crippen molar-refractivity contribution < 1.29 is 47.6 Å². The lowest BCUT2D eigenvalue weighted by atomic mass is 10.2. The second-order valence-corrected chi connectivity index (χ2v) is 8.91.